The first-order chi connectivity index (χ1) is 19.8. The van der Waals surface area contributed by atoms with Gasteiger partial charge in [0.2, 0.25) is 0 Å². The van der Waals surface area contributed by atoms with Crippen LogP contribution in [0.15, 0.2) is 72.8 Å². The van der Waals surface area contributed by atoms with Gasteiger partial charge in [-0.05, 0) is 97.9 Å². The molecular formula is C37H39BF3NO. The molecule has 0 radical (unpaired) electrons. The fourth-order valence-electron chi connectivity index (χ4n) is 6.20. The lowest BCUT2D eigenvalue weighted by Crippen LogP contribution is -2.60. The molecule has 0 unspecified atom stereocenters. The van der Waals surface area contributed by atoms with E-state index in [-0.39, 0.29) is 23.0 Å². The van der Waals surface area contributed by atoms with Crippen LogP contribution < -0.4 is 26.0 Å². The smallest absolute Gasteiger partial charge is 0.416 e. The molecule has 6 heteroatoms. The fraction of sp³-hybridized carbons (Fsp3) is 0.351. The predicted octanol–water partition coefficient (Wildman–Crippen LogP) is 9.00. The van der Waals surface area contributed by atoms with Gasteiger partial charge >= 0.3 is 6.18 Å². The van der Waals surface area contributed by atoms with Crippen molar-refractivity contribution in [2.75, 3.05) is 4.90 Å². The molecule has 0 spiro atoms. The molecule has 4 aromatic carbocycles. The van der Waals surface area contributed by atoms with Crippen molar-refractivity contribution in [2.24, 2.45) is 0 Å². The number of rotatable bonds is 1. The van der Waals surface area contributed by atoms with Gasteiger partial charge in [-0.1, -0.05) is 86.6 Å². The number of alkyl halides is 3. The minimum absolute atomic E-state index is 0.0503. The minimum atomic E-state index is -4.40. The third-order valence-corrected chi connectivity index (χ3v) is 8.82. The van der Waals surface area contributed by atoms with Crippen molar-refractivity contribution >= 4 is 40.2 Å². The molecule has 0 bridgehead atoms. The Morgan fingerprint density at radius 1 is 0.535 bits per heavy atom. The normalized spacial score (nSPS) is 14.6. The predicted molar refractivity (Wildman–Crippen MR) is 173 cm³/mol. The Labute approximate surface area is 254 Å². The molecule has 2 aliphatic heterocycles. The first-order valence-corrected chi connectivity index (χ1v) is 15.0. The SMILES string of the molecule is CC(C)(C)c1ccc2c(c1)B1c3cc(C(C)(C)C)ccc3N(c3ccc(C(F)(F)F)cc3)c3cc(C(C)(C)C)cc(c31)O2. The standard InChI is InChI=1S/C37H39BF3NO/c1-34(2,3)23-12-16-29-27(18-23)38-28-19-24(35(4,5)6)13-17-31(28)43-32-21-25(36(7,8)9)20-30(33(32)38)42(29)26-14-10-22(11-15-26)37(39,40)41/h10-21H,1-9H3. The highest BCUT2D eigenvalue weighted by atomic mass is 19.4. The number of benzene rings is 4. The molecule has 0 atom stereocenters. The van der Waals surface area contributed by atoms with Crippen molar-refractivity contribution in [3.63, 3.8) is 0 Å². The molecule has 0 N–H and O–H groups in total. The van der Waals surface area contributed by atoms with Crippen LogP contribution in [0.3, 0.4) is 0 Å². The zero-order chi connectivity index (χ0) is 31.3. The van der Waals surface area contributed by atoms with Crippen molar-refractivity contribution in [3.05, 3.63) is 95.1 Å². The van der Waals surface area contributed by atoms with Gasteiger partial charge in [0.25, 0.3) is 6.71 Å². The highest BCUT2D eigenvalue weighted by Crippen LogP contribution is 2.44. The van der Waals surface area contributed by atoms with E-state index in [4.69, 9.17) is 4.74 Å². The number of hydrogen-bond donors (Lipinski definition) is 0. The van der Waals surface area contributed by atoms with Gasteiger partial charge in [0, 0.05) is 17.1 Å². The second-order valence-electron chi connectivity index (χ2n) is 15.1. The van der Waals surface area contributed by atoms with Gasteiger partial charge in [0.05, 0.1) is 5.56 Å². The Bertz CT molecular complexity index is 1730. The fourth-order valence-corrected chi connectivity index (χ4v) is 6.20. The van der Waals surface area contributed by atoms with E-state index in [2.05, 4.69) is 116 Å². The lowest BCUT2D eigenvalue weighted by Gasteiger charge is -2.42. The molecule has 4 aromatic rings. The molecule has 43 heavy (non-hydrogen) atoms. The van der Waals surface area contributed by atoms with Gasteiger partial charge in [-0.25, -0.2) is 0 Å². The summed E-state index contributed by atoms with van der Waals surface area (Å²) in [5.74, 6) is 1.64. The summed E-state index contributed by atoms with van der Waals surface area (Å²) in [5, 5.41) is 0. The topological polar surface area (TPSA) is 12.5 Å². The number of halogens is 3. The third-order valence-electron chi connectivity index (χ3n) is 8.82. The quantitative estimate of drug-likeness (QED) is 0.180. The Balaban J connectivity index is 1.69. The lowest BCUT2D eigenvalue weighted by atomic mass is 9.33. The molecule has 6 rings (SSSR count). The van der Waals surface area contributed by atoms with Gasteiger partial charge in [-0.3, -0.25) is 0 Å². The van der Waals surface area contributed by atoms with Crippen LogP contribution in [0.5, 0.6) is 11.5 Å². The van der Waals surface area contributed by atoms with E-state index in [1.54, 1.807) is 12.1 Å². The van der Waals surface area contributed by atoms with Crippen LogP contribution in [0, 0.1) is 0 Å². The molecule has 2 nitrogen and oxygen atoms in total. The summed E-state index contributed by atoms with van der Waals surface area (Å²) in [6.07, 6.45) is -4.40. The molecule has 0 aliphatic carbocycles. The van der Waals surface area contributed by atoms with Crippen LogP contribution >= 0.6 is 0 Å². The maximum absolute atomic E-state index is 13.6. The molecule has 0 amide bonds. The van der Waals surface area contributed by atoms with E-state index in [0.717, 1.165) is 44.8 Å². The molecule has 2 heterocycles. The largest absolute Gasteiger partial charge is 0.458 e. The summed E-state index contributed by atoms with van der Waals surface area (Å²) in [4.78, 5) is 2.12. The van der Waals surface area contributed by atoms with E-state index in [1.807, 2.05) is 0 Å². The van der Waals surface area contributed by atoms with Crippen molar-refractivity contribution < 1.29 is 17.9 Å². The van der Waals surface area contributed by atoms with E-state index >= 15 is 0 Å². The highest BCUT2D eigenvalue weighted by Gasteiger charge is 2.43. The van der Waals surface area contributed by atoms with E-state index in [0.29, 0.717) is 5.69 Å². The Morgan fingerprint density at radius 3 is 1.63 bits per heavy atom. The summed E-state index contributed by atoms with van der Waals surface area (Å²) in [6, 6.07) is 23.0. The third kappa shape index (κ3) is 5.03. The number of fused-ring (bicyclic) bond motifs is 4. The number of hydrogen-bond acceptors (Lipinski definition) is 2. The van der Waals surface area contributed by atoms with Crippen LogP contribution in [0.2, 0.25) is 0 Å². The van der Waals surface area contributed by atoms with Gasteiger partial charge in [0.15, 0.2) is 0 Å². The van der Waals surface area contributed by atoms with Crippen molar-refractivity contribution in [2.45, 2.75) is 84.7 Å². The Kier molecular flexibility index (Phi) is 6.44. The zero-order valence-electron chi connectivity index (χ0n) is 26.5. The van der Waals surface area contributed by atoms with Crippen molar-refractivity contribution in [1.82, 2.24) is 0 Å². The average Bonchev–Trinajstić information content (AvgIpc) is 2.90. The second-order valence-corrected chi connectivity index (χ2v) is 15.1. The van der Waals surface area contributed by atoms with Crippen LogP contribution in [0.4, 0.5) is 30.2 Å². The number of anilines is 3. The lowest BCUT2D eigenvalue weighted by molar-refractivity contribution is -0.137. The van der Waals surface area contributed by atoms with Crippen LogP contribution in [-0.4, -0.2) is 6.71 Å². The van der Waals surface area contributed by atoms with E-state index in [1.165, 1.54) is 23.3 Å². The second kappa shape index (κ2) is 9.42. The first kappa shape index (κ1) is 29.4. The molecule has 0 fully saturated rings. The number of ether oxygens (including phenoxy) is 1. The molecule has 0 aromatic heterocycles. The molecule has 0 saturated heterocycles. The Hall–Kier alpha value is -3.67. The summed E-state index contributed by atoms with van der Waals surface area (Å²) in [6.45, 7) is 19.7. The van der Waals surface area contributed by atoms with Gasteiger partial charge in [0.1, 0.15) is 11.5 Å². The van der Waals surface area contributed by atoms with E-state index < -0.39 is 11.7 Å². The first-order valence-electron chi connectivity index (χ1n) is 15.0. The van der Waals surface area contributed by atoms with Gasteiger partial charge in [-0.15, -0.1) is 0 Å². The molecule has 0 saturated carbocycles. The van der Waals surface area contributed by atoms with Crippen LogP contribution in [0.25, 0.3) is 0 Å². The summed E-state index contributed by atoms with van der Waals surface area (Å²) < 4.78 is 47.4. The Morgan fingerprint density at radius 2 is 1.07 bits per heavy atom. The maximum atomic E-state index is 13.6. The summed E-state index contributed by atoms with van der Waals surface area (Å²) >= 11 is 0. The minimum Gasteiger partial charge on any atom is -0.458 e. The monoisotopic (exact) mass is 581 g/mol. The van der Waals surface area contributed by atoms with Crippen LogP contribution in [0.1, 0.15) is 84.6 Å². The zero-order valence-corrected chi connectivity index (χ0v) is 26.5. The average molecular weight is 582 g/mol. The van der Waals surface area contributed by atoms with Gasteiger partial charge < -0.3 is 9.64 Å². The van der Waals surface area contributed by atoms with E-state index in [9.17, 15) is 13.2 Å². The van der Waals surface area contributed by atoms with Gasteiger partial charge in [-0.2, -0.15) is 13.2 Å². The van der Waals surface area contributed by atoms with Crippen molar-refractivity contribution in [1.29, 1.82) is 0 Å². The molecular weight excluding hydrogens is 542 g/mol. The number of nitrogens with zero attached hydrogens (tertiary/aromatic N) is 1. The van der Waals surface area contributed by atoms with Crippen LogP contribution in [-0.2, 0) is 22.4 Å². The summed E-state index contributed by atoms with van der Waals surface area (Å²) in [5.41, 5.74) is 8.43. The highest BCUT2D eigenvalue weighted by molar-refractivity contribution is 6.99. The van der Waals surface area contributed by atoms with Crippen molar-refractivity contribution in [3.8, 4) is 11.5 Å². The maximum Gasteiger partial charge on any atom is 0.416 e. The summed E-state index contributed by atoms with van der Waals surface area (Å²) in [7, 11) is 0. The molecule has 222 valence electrons. The molecule has 2 aliphatic rings.